The van der Waals surface area contributed by atoms with Crippen LogP contribution in [0.25, 0.3) is 0 Å². The molecule has 2 bridgehead atoms. The number of hydrogen-bond donors (Lipinski definition) is 0. The molecule has 3 aliphatic heterocycles. The van der Waals surface area contributed by atoms with Crippen LogP contribution in [-0.2, 0) is 17.9 Å². The Labute approximate surface area is 160 Å². The van der Waals surface area contributed by atoms with Crippen molar-refractivity contribution in [2.75, 3.05) is 13.3 Å². The number of benzene rings is 2. The molecule has 0 N–H and O–H groups in total. The Balaban J connectivity index is 1.21. The smallest absolute Gasteiger partial charge is 0.231 e. The molecule has 4 heteroatoms. The van der Waals surface area contributed by atoms with Gasteiger partial charge >= 0.3 is 0 Å². The molecule has 0 radical (unpaired) electrons. The number of rotatable bonds is 3. The van der Waals surface area contributed by atoms with Crippen molar-refractivity contribution in [2.45, 2.75) is 50.5 Å². The standard InChI is InChI=1S/C23H25NO3/c1-2-4-15(5-3-1)13-25-17-6-7-21-19(9-17)20-12-24(21)11-16-8-22-23(10-18(16)20)27-14-26-22/h1-5,8,10,17,19-21H,6-7,9,11-14H2/t17-,19-,20-,21-/m0/s1. The van der Waals surface area contributed by atoms with Gasteiger partial charge in [0.1, 0.15) is 0 Å². The van der Waals surface area contributed by atoms with Gasteiger partial charge in [-0.15, -0.1) is 0 Å². The SMILES string of the molecule is c1ccc(CO[C@H]2CC[C@H]3[C@@H](C2)[C@H]2CN3Cc3cc4c(cc32)OCO4)cc1. The van der Waals surface area contributed by atoms with E-state index in [1.54, 1.807) is 0 Å². The second-order valence-corrected chi connectivity index (χ2v) is 8.40. The van der Waals surface area contributed by atoms with Gasteiger partial charge in [-0.25, -0.2) is 0 Å². The van der Waals surface area contributed by atoms with Crippen molar-refractivity contribution < 1.29 is 14.2 Å². The van der Waals surface area contributed by atoms with Gasteiger partial charge in [0.15, 0.2) is 11.5 Å². The van der Waals surface area contributed by atoms with Crippen LogP contribution >= 0.6 is 0 Å². The molecular weight excluding hydrogens is 338 g/mol. The van der Waals surface area contributed by atoms with Crippen LogP contribution < -0.4 is 9.47 Å². The Kier molecular flexibility index (Phi) is 3.69. The largest absolute Gasteiger partial charge is 0.454 e. The summed E-state index contributed by atoms with van der Waals surface area (Å²) >= 11 is 0. The summed E-state index contributed by atoms with van der Waals surface area (Å²) in [5.41, 5.74) is 4.20. The van der Waals surface area contributed by atoms with Crippen molar-refractivity contribution in [3.63, 3.8) is 0 Å². The Bertz CT molecular complexity index is 852. The summed E-state index contributed by atoms with van der Waals surface area (Å²) < 4.78 is 17.6. The van der Waals surface area contributed by atoms with Gasteiger partial charge < -0.3 is 14.2 Å². The summed E-state index contributed by atoms with van der Waals surface area (Å²) in [7, 11) is 0. The predicted octanol–water partition coefficient (Wildman–Crippen LogP) is 4.08. The first-order valence-corrected chi connectivity index (χ1v) is 10.2. The Morgan fingerprint density at radius 3 is 2.78 bits per heavy atom. The molecule has 1 saturated heterocycles. The Hall–Kier alpha value is -2.04. The zero-order valence-corrected chi connectivity index (χ0v) is 15.5. The molecule has 1 saturated carbocycles. The molecule has 2 aromatic carbocycles. The molecule has 140 valence electrons. The van der Waals surface area contributed by atoms with Crippen LogP contribution in [0.5, 0.6) is 11.5 Å². The average molecular weight is 363 g/mol. The summed E-state index contributed by atoms with van der Waals surface area (Å²) in [5.74, 6) is 3.15. The maximum Gasteiger partial charge on any atom is 0.231 e. The molecule has 4 aliphatic rings. The van der Waals surface area contributed by atoms with Gasteiger partial charge in [0, 0.05) is 25.0 Å². The minimum atomic E-state index is 0.355. The fraction of sp³-hybridized carbons (Fsp3) is 0.478. The van der Waals surface area contributed by atoms with Crippen LogP contribution in [0.15, 0.2) is 42.5 Å². The molecule has 0 aromatic heterocycles. The van der Waals surface area contributed by atoms with Crippen LogP contribution in [0.2, 0.25) is 0 Å². The molecule has 1 unspecified atom stereocenters. The highest BCUT2D eigenvalue weighted by molar-refractivity contribution is 5.51. The zero-order chi connectivity index (χ0) is 17.8. The third kappa shape index (κ3) is 2.66. The number of hydrogen-bond acceptors (Lipinski definition) is 4. The summed E-state index contributed by atoms with van der Waals surface area (Å²) in [6.07, 6.45) is 3.98. The van der Waals surface area contributed by atoms with E-state index in [-0.39, 0.29) is 0 Å². The summed E-state index contributed by atoms with van der Waals surface area (Å²) in [4.78, 5) is 2.70. The van der Waals surface area contributed by atoms with Gasteiger partial charge in [-0.3, -0.25) is 4.90 Å². The van der Waals surface area contributed by atoms with Gasteiger partial charge in [0.25, 0.3) is 0 Å². The van der Waals surface area contributed by atoms with Crippen molar-refractivity contribution in [3.8, 4) is 11.5 Å². The van der Waals surface area contributed by atoms with Crippen LogP contribution in [0.1, 0.15) is 41.9 Å². The molecule has 3 heterocycles. The Morgan fingerprint density at radius 2 is 1.89 bits per heavy atom. The lowest BCUT2D eigenvalue weighted by atomic mass is 9.75. The minimum Gasteiger partial charge on any atom is -0.454 e. The van der Waals surface area contributed by atoms with E-state index in [2.05, 4.69) is 47.4 Å². The normalized spacial score (nSPS) is 32.8. The van der Waals surface area contributed by atoms with Crippen LogP contribution in [0.4, 0.5) is 0 Å². The average Bonchev–Trinajstić information content (AvgIpc) is 3.28. The lowest BCUT2D eigenvalue weighted by Gasteiger charge is -2.35. The van der Waals surface area contributed by atoms with E-state index in [1.807, 2.05) is 0 Å². The first kappa shape index (κ1) is 16.0. The molecule has 6 rings (SSSR count). The fourth-order valence-electron chi connectivity index (χ4n) is 5.71. The van der Waals surface area contributed by atoms with Gasteiger partial charge in [-0.1, -0.05) is 30.3 Å². The van der Waals surface area contributed by atoms with Crippen molar-refractivity contribution in [2.24, 2.45) is 5.92 Å². The molecular formula is C23H25NO3. The zero-order valence-electron chi connectivity index (χ0n) is 15.5. The molecule has 2 aromatic rings. The fourth-order valence-corrected chi connectivity index (χ4v) is 5.71. The Morgan fingerprint density at radius 1 is 1.04 bits per heavy atom. The highest BCUT2D eigenvalue weighted by Crippen LogP contribution is 2.52. The first-order valence-electron chi connectivity index (χ1n) is 10.2. The van der Waals surface area contributed by atoms with E-state index >= 15 is 0 Å². The molecule has 27 heavy (non-hydrogen) atoms. The lowest BCUT2D eigenvalue weighted by molar-refractivity contribution is -0.0108. The van der Waals surface area contributed by atoms with E-state index in [0.29, 0.717) is 30.8 Å². The van der Waals surface area contributed by atoms with E-state index in [4.69, 9.17) is 14.2 Å². The molecule has 0 spiro atoms. The minimum absolute atomic E-state index is 0.355. The third-order valence-electron chi connectivity index (χ3n) is 6.97. The molecule has 2 fully saturated rings. The maximum atomic E-state index is 6.32. The van der Waals surface area contributed by atoms with Crippen molar-refractivity contribution in [3.05, 3.63) is 59.2 Å². The number of ether oxygens (including phenoxy) is 3. The van der Waals surface area contributed by atoms with Crippen molar-refractivity contribution >= 4 is 0 Å². The van der Waals surface area contributed by atoms with Crippen LogP contribution in [0, 0.1) is 5.92 Å². The van der Waals surface area contributed by atoms with Crippen LogP contribution in [-0.4, -0.2) is 30.4 Å². The van der Waals surface area contributed by atoms with Crippen LogP contribution in [0.3, 0.4) is 0 Å². The monoisotopic (exact) mass is 363 g/mol. The van der Waals surface area contributed by atoms with Gasteiger partial charge in [-0.05, 0) is 54.0 Å². The quantitative estimate of drug-likeness (QED) is 0.822. The lowest BCUT2D eigenvalue weighted by Crippen LogP contribution is -2.38. The summed E-state index contributed by atoms with van der Waals surface area (Å²) in [6.45, 7) is 3.33. The first-order chi connectivity index (χ1) is 13.3. The van der Waals surface area contributed by atoms with Gasteiger partial charge in [-0.2, -0.15) is 0 Å². The third-order valence-corrected chi connectivity index (χ3v) is 6.97. The maximum absolute atomic E-state index is 6.32. The van der Waals surface area contributed by atoms with Crippen molar-refractivity contribution in [1.82, 2.24) is 4.90 Å². The van der Waals surface area contributed by atoms with Crippen molar-refractivity contribution in [1.29, 1.82) is 0 Å². The topological polar surface area (TPSA) is 30.9 Å². The highest BCUT2D eigenvalue weighted by Gasteiger charge is 2.49. The molecule has 5 atom stereocenters. The predicted molar refractivity (Wildman–Crippen MR) is 102 cm³/mol. The molecule has 0 amide bonds. The highest BCUT2D eigenvalue weighted by atomic mass is 16.7. The summed E-state index contributed by atoms with van der Waals surface area (Å²) in [5, 5.41) is 0. The second kappa shape index (κ2) is 6.25. The number of nitrogens with zero attached hydrogens (tertiary/aromatic N) is 1. The van der Waals surface area contributed by atoms with Gasteiger partial charge in [0.2, 0.25) is 6.79 Å². The molecule has 4 nitrogen and oxygen atoms in total. The van der Waals surface area contributed by atoms with E-state index in [1.165, 1.54) is 42.5 Å². The second-order valence-electron chi connectivity index (χ2n) is 8.40. The van der Waals surface area contributed by atoms with E-state index < -0.39 is 0 Å². The van der Waals surface area contributed by atoms with E-state index in [9.17, 15) is 0 Å². The molecule has 1 aliphatic carbocycles. The van der Waals surface area contributed by atoms with E-state index in [0.717, 1.165) is 24.7 Å². The number of fused-ring (bicyclic) bond motifs is 8. The summed E-state index contributed by atoms with van der Waals surface area (Å²) in [6, 6.07) is 15.7. The van der Waals surface area contributed by atoms with Gasteiger partial charge in [0.05, 0.1) is 12.7 Å².